The fourth-order valence-electron chi connectivity index (χ4n) is 0.903. The Morgan fingerprint density at radius 2 is 2.17 bits per heavy atom. The zero-order valence-electron chi connectivity index (χ0n) is 9.13. The van der Waals surface area contributed by atoms with Crippen LogP contribution < -0.4 is 17.2 Å². The van der Waals surface area contributed by atoms with E-state index in [2.05, 4.69) is 9.97 Å². The van der Waals surface area contributed by atoms with E-state index in [0.717, 1.165) is 6.20 Å². The van der Waals surface area contributed by atoms with E-state index in [-0.39, 0.29) is 5.82 Å². The molecule has 0 fully saturated rings. The van der Waals surface area contributed by atoms with Crippen LogP contribution in [0, 0.1) is 5.82 Å². The van der Waals surface area contributed by atoms with Gasteiger partial charge in [0.25, 0.3) is 0 Å². The first-order chi connectivity index (χ1) is 8.50. The smallest absolute Gasteiger partial charge is 0.347 e. The molecule has 1 amide bonds. The molecule has 2 heterocycles. The second kappa shape index (κ2) is 6.09. The number of hydrogen-bond donors (Lipinski definition) is 3. The molecule has 0 aliphatic rings. The van der Waals surface area contributed by atoms with Crippen LogP contribution in [0.4, 0.5) is 10.2 Å². The monoisotopic (exact) mass is 251 g/mol. The van der Waals surface area contributed by atoms with E-state index in [1.54, 1.807) is 18.3 Å². The Morgan fingerprint density at radius 3 is 2.56 bits per heavy atom. The minimum absolute atomic E-state index is 0.376. The van der Waals surface area contributed by atoms with Gasteiger partial charge in [0.2, 0.25) is 5.91 Å². The van der Waals surface area contributed by atoms with Gasteiger partial charge in [0.15, 0.2) is 11.6 Å². The van der Waals surface area contributed by atoms with Gasteiger partial charge in [0.1, 0.15) is 0 Å². The summed E-state index contributed by atoms with van der Waals surface area (Å²) in [6.07, 6.45) is 3.89. The number of pyridine rings is 1. The molecule has 0 saturated heterocycles. The molecule has 0 bridgehead atoms. The van der Waals surface area contributed by atoms with Gasteiger partial charge < -0.3 is 16.5 Å². The average Bonchev–Trinajstić information content (AvgIpc) is 2.36. The lowest BCUT2D eigenvalue weighted by Crippen LogP contribution is -2.12. The molecule has 18 heavy (non-hydrogen) atoms. The SMILES string of the molecule is NC(=O)c1cccnc1.Nc1nc(=O)[nH]cc1F. The zero-order valence-corrected chi connectivity index (χ0v) is 9.13. The number of amides is 1. The molecule has 0 radical (unpaired) electrons. The normalized spacial score (nSPS) is 9.17. The van der Waals surface area contributed by atoms with Crippen molar-refractivity contribution in [2.45, 2.75) is 0 Å². The maximum Gasteiger partial charge on any atom is 0.347 e. The Balaban J connectivity index is 0.000000180. The van der Waals surface area contributed by atoms with E-state index in [1.165, 1.54) is 6.20 Å². The molecule has 0 aromatic carbocycles. The van der Waals surface area contributed by atoms with E-state index in [0.29, 0.717) is 5.56 Å². The van der Waals surface area contributed by atoms with Crippen LogP contribution in [0.1, 0.15) is 10.4 Å². The van der Waals surface area contributed by atoms with Gasteiger partial charge >= 0.3 is 5.69 Å². The second-order valence-corrected chi connectivity index (χ2v) is 3.04. The van der Waals surface area contributed by atoms with Crippen molar-refractivity contribution in [2.75, 3.05) is 5.73 Å². The molecule has 0 aliphatic heterocycles. The molecular formula is C10H10FN5O2. The van der Waals surface area contributed by atoms with Crippen molar-refractivity contribution >= 4 is 11.7 Å². The summed E-state index contributed by atoms with van der Waals surface area (Å²) in [7, 11) is 0. The van der Waals surface area contributed by atoms with Crippen molar-refractivity contribution in [3.05, 3.63) is 52.6 Å². The van der Waals surface area contributed by atoms with Crippen LogP contribution in [0.3, 0.4) is 0 Å². The first kappa shape index (κ1) is 13.3. The minimum atomic E-state index is -0.713. The Morgan fingerprint density at radius 1 is 1.44 bits per heavy atom. The fourth-order valence-corrected chi connectivity index (χ4v) is 0.903. The quantitative estimate of drug-likeness (QED) is 0.639. The van der Waals surface area contributed by atoms with Gasteiger partial charge in [-0.2, -0.15) is 4.98 Å². The summed E-state index contributed by atoms with van der Waals surface area (Å²) in [4.78, 5) is 29.4. The summed E-state index contributed by atoms with van der Waals surface area (Å²) in [6, 6.07) is 3.29. The van der Waals surface area contributed by atoms with Gasteiger partial charge in [-0.1, -0.05) is 0 Å². The van der Waals surface area contributed by atoms with E-state index in [4.69, 9.17) is 11.5 Å². The number of hydrogen-bond acceptors (Lipinski definition) is 5. The fraction of sp³-hybridized carbons (Fsp3) is 0. The van der Waals surface area contributed by atoms with Crippen LogP contribution in [0.15, 0.2) is 35.5 Å². The summed E-state index contributed by atoms with van der Waals surface area (Å²) in [5.41, 5.74) is 9.65. The lowest BCUT2D eigenvalue weighted by molar-refractivity contribution is 0.1000. The van der Waals surface area contributed by atoms with Gasteiger partial charge in [-0.3, -0.25) is 9.78 Å². The summed E-state index contributed by atoms with van der Waals surface area (Å²) >= 11 is 0. The standard InChI is InChI=1S/C6H6N2O.C4H4FN3O/c7-6(9)5-2-1-3-8-4-5;5-2-1-7-4(9)8-3(2)6/h1-4H,(H2,7,9);1H,(H3,6,7,8,9). The van der Waals surface area contributed by atoms with E-state index >= 15 is 0 Å². The largest absolute Gasteiger partial charge is 0.381 e. The van der Waals surface area contributed by atoms with Gasteiger partial charge in [-0.05, 0) is 12.1 Å². The molecule has 7 nitrogen and oxygen atoms in total. The molecule has 0 spiro atoms. The number of aromatic nitrogens is 3. The first-order valence-electron chi connectivity index (χ1n) is 4.71. The van der Waals surface area contributed by atoms with Crippen molar-refractivity contribution in [1.82, 2.24) is 15.0 Å². The molecule has 0 atom stereocenters. The highest BCUT2D eigenvalue weighted by Gasteiger charge is 1.96. The van der Waals surface area contributed by atoms with Crippen LogP contribution in [-0.2, 0) is 0 Å². The van der Waals surface area contributed by atoms with Crippen LogP contribution in [-0.4, -0.2) is 20.9 Å². The molecule has 94 valence electrons. The number of aromatic amines is 1. The third-order valence-corrected chi connectivity index (χ3v) is 1.74. The maximum atomic E-state index is 12.1. The van der Waals surface area contributed by atoms with Crippen molar-refractivity contribution in [2.24, 2.45) is 5.73 Å². The summed E-state index contributed by atoms with van der Waals surface area (Å²) < 4.78 is 12.1. The number of nitrogen functional groups attached to an aromatic ring is 1. The van der Waals surface area contributed by atoms with Gasteiger partial charge in [0, 0.05) is 18.6 Å². The average molecular weight is 251 g/mol. The molecule has 0 aliphatic carbocycles. The second-order valence-electron chi connectivity index (χ2n) is 3.04. The summed E-state index contributed by atoms with van der Waals surface area (Å²) in [6.45, 7) is 0. The number of rotatable bonds is 1. The molecule has 0 saturated carbocycles. The number of nitrogens with zero attached hydrogens (tertiary/aromatic N) is 2. The molecule has 2 rings (SSSR count). The molecular weight excluding hydrogens is 241 g/mol. The Kier molecular flexibility index (Phi) is 4.50. The van der Waals surface area contributed by atoms with Crippen LogP contribution in [0.2, 0.25) is 0 Å². The van der Waals surface area contributed by atoms with Gasteiger partial charge in [-0.15, -0.1) is 0 Å². The highest BCUT2D eigenvalue weighted by atomic mass is 19.1. The Bertz CT molecular complexity index is 584. The number of H-pyrrole nitrogens is 1. The molecule has 5 N–H and O–H groups in total. The van der Waals surface area contributed by atoms with E-state index < -0.39 is 17.4 Å². The zero-order chi connectivity index (χ0) is 13.5. The predicted octanol–water partition coefficient (Wildman–Crippen LogP) is -0.328. The van der Waals surface area contributed by atoms with Crippen molar-refractivity contribution in [3.63, 3.8) is 0 Å². The van der Waals surface area contributed by atoms with Gasteiger partial charge in [-0.25, -0.2) is 9.18 Å². The number of anilines is 1. The topological polar surface area (TPSA) is 128 Å². The Hall–Kier alpha value is -2.77. The third-order valence-electron chi connectivity index (χ3n) is 1.74. The lowest BCUT2D eigenvalue weighted by atomic mass is 10.3. The number of halogens is 1. The first-order valence-corrected chi connectivity index (χ1v) is 4.71. The maximum absolute atomic E-state index is 12.1. The highest BCUT2D eigenvalue weighted by Crippen LogP contribution is 1.97. The lowest BCUT2D eigenvalue weighted by Gasteiger charge is -1.88. The van der Waals surface area contributed by atoms with E-state index in [9.17, 15) is 14.0 Å². The molecule has 0 unspecified atom stereocenters. The van der Waals surface area contributed by atoms with E-state index in [1.807, 2.05) is 4.98 Å². The Labute approximate surface area is 101 Å². The van der Waals surface area contributed by atoms with Crippen molar-refractivity contribution in [1.29, 1.82) is 0 Å². The molecule has 8 heteroatoms. The van der Waals surface area contributed by atoms with Crippen molar-refractivity contribution in [3.8, 4) is 0 Å². The summed E-state index contributed by atoms with van der Waals surface area (Å²) in [5, 5.41) is 0. The number of carbonyl (C=O) groups excluding carboxylic acids is 1. The number of primary amides is 1. The van der Waals surface area contributed by atoms with Crippen LogP contribution >= 0.6 is 0 Å². The van der Waals surface area contributed by atoms with Crippen LogP contribution in [0.5, 0.6) is 0 Å². The third kappa shape index (κ3) is 4.00. The molecule has 2 aromatic heterocycles. The predicted molar refractivity (Wildman–Crippen MR) is 62.0 cm³/mol. The van der Waals surface area contributed by atoms with Crippen molar-refractivity contribution < 1.29 is 9.18 Å². The number of nitrogens with one attached hydrogen (secondary N) is 1. The van der Waals surface area contributed by atoms with Gasteiger partial charge in [0.05, 0.1) is 5.56 Å². The number of nitrogens with two attached hydrogens (primary N) is 2. The highest BCUT2D eigenvalue weighted by molar-refractivity contribution is 5.92. The number of carbonyl (C=O) groups is 1. The molecule has 2 aromatic rings. The minimum Gasteiger partial charge on any atom is -0.381 e. The summed E-state index contributed by atoms with van der Waals surface area (Å²) in [5.74, 6) is -1.53. The van der Waals surface area contributed by atoms with Crippen LogP contribution in [0.25, 0.3) is 0 Å².